The van der Waals surface area contributed by atoms with Gasteiger partial charge in [-0.1, -0.05) is 12.1 Å². The summed E-state index contributed by atoms with van der Waals surface area (Å²) in [4.78, 5) is 12.2. The number of benzene rings is 2. The van der Waals surface area contributed by atoms with Crippen molar-refractivity contribution >= 4 is 33.6 Å². The number of carbonyl (C=O) groups excluding carboxylic acids is 1. The van der Waals surface area contributed by atoms with Crippen LogP contribution in [0, 0.1) is 0 Å². The number of rotatable bonds is 5. The number of ether oxygens (including phenoxy) is 2. The first-order valence-corrected chi connectivity index (χ1v) is 9.06. The average molecular weight is 402 g/mol. The molecular formula is C20H20BrNO3. The van der Waals surface area contributed by atoms with Crippen LogP contribution < -0.4 is 14.8 Å². The molecule has 1 heterocycles. The molecule has 5 heteroatoms. The van der Waals surface area contributed by atoms with E-state index in [9.17, 15) is 4.79 Å². The average Bonchev–Trinajstić information content (AvgIpc) is 2.94. The molecule has 1 unspecified atom stereocenters. The van der Waals surface area contributed by atoms with Crippen LogP contribution >= 0.6 is 15.9 Å². The molecular weight excluding hydrogens is 382 g/mol. The van der Waals surface area contributed by atoms with E-state index in [-0.39, 0.29) is 12.0 Å². The fraction of sp³-hybridized carbons (Fsp3) is 0.250. The minimum atomic E-state index is -0.205. The predicted octanol–water partition coefficient (Wildman–Crippen LogP) is 4.82. The van der Waals surface area contributed by atoms with Gasteiger partial charge in [0.15, 0.2) is 0 Å². The zero-order chi connectivity index (χ0) is 17.8. The fourth-order valence-electron chi connectivity index (χ4n) is 2.77. The molecule has 0 aromatic heterocycles. The monoisotopic (exact) mass is 401 g/mol. The van der Waals surface area contributed by atoms with Gasteiger partial charge >= 0.3 is 0 Å². The second-order valence-corrected chi connectivity index (χ2v) is 6.72. The van der Waals surface area contributed by atoms with E-state index in [2.05, 4.69) is 21.2 Å². The molecule has 25 heavy (non-hydrogen) atoms. The van der Waals surface area contributed by atoms with E-state index in [0.717, 1.165) is 39.2 Å². The van der Waals surface area contributed by atoms with Crippen LogP contribution in [0.25, 0.3) is 6.08 Å². The second-order valence-electron chi connectivity index (χ2n) is 5.87. The SMILES string of the molecule is CCOc1cc2c(cc1/C=C/C(=O)Nc1ccccc1Br)OC(C)C2. The van der Waals surface area contributed by atoms with E-state index >= 15 is 0 Å². The highest BCUT2D eigenvalue weighted by molar-refractivity contribution is 9.10. The first-order valence-electron chi connectivity index (χ1n) is 8.26. The number of halogens is 1. The Balaban J connectivity index is 1.79. The highest BCUT2D eigenvalue weighted by Gasteiger charge is 2.21. The third-order valence-electron chi connectivity index (χ3n) is 3.87. The maximum absolute atomic E-state index is 12.2. The Morgan fingerprint density at radius 2 is 2.20 bits per heavy atom. The maximum atomic E-state index is 12.2. The molecule has 0 saturated heterocycles. The van der Waals surface area contributed by atoms with Crippen molar-refractivity contribution in [3.8, 4) is 11.5 Å². The number of anilines is 1. The van der Waals surface area contributed by atoms with Crippen molar-refractivity contribution in [3.05, 3.63) is 58.1 Å². The zero-order valence-corrected chi connectivity index (χ0v) is 15.8. The van der Waals surface area contributed by atoms with Gasteiger partial charge in [-0.15, -0.1) is 0 Å². The number of para-hydroxylation sites is 1. The van der Waals surface area contributed by atoms with E-state index < -0.39 is 0 Å². The first-order chi connectivity index (χ1) is 12.1. The van der Waals surface area contributed by atoms with Crippen LogP contribution in [0.3, 0.4) is 0 Å². The smallest absolute Gasteiger partial charge is 0.248 e. The molecule has 1 aliphatic rings. The Bertz CT molecular complexity index is 817. The Kier molecular flexibility index (Phi) is 5.43. The van der Waals surface area contributed by atoms with Gasteiger partial charge in [0.1, 0.15) is 17.6 Å². The number of amides is 1. The summed E-state index contributed by atoms with van der Waals surface area (Å²) < 4.78 is 12.4. The maximum Gasteiger partial charge on any atom is 0.248 e. The van der Waals surface area contributed by atoms with Crippen molar-refractivity contribution in [1.29, 1.82) is 0 Å². The van der Waals surface area contributed by atoms with Crippen LogP contribution in [-0.2, 0) is 11.2 Å². The van der Waals surface area contributed by atoms with Crippen molar-refractivity contribution in [2.24, 2.45) is 0 Å². The predicted molar refractivity (Wildman–Crippen MR) is 103 cm³/mol. The molecule has 2 aromatic rings. The molecule has 130 valence electrons. The van der Waals surface area contributed by atoms with Crippen LogP contribution in [0.2, 0.25) is 0 Å². The first kappa shape index (κ1) is 17.5. The normalized spacial score (nSPS) is 15.7. The Morgan fingerprint density at radius 3 is 2.96 bits per heavy atom. The molecule has 0 saturated carbocycles. The Hall–Kier alpha value is -2.27. The molecule has 1 atom stereocenters. The van der Waals surface area contributed by atoms with Crippen molar-refractivity contribution in [2.45, 2.75) is 26.4 Å². The zero-order valence-electron chi connectivity index (χ0n) is 14.2. The van der Waals surface area contributed by atoms with Crippen LogP contribution in [0.4, 0.5) is 5.69 Å². The molecule has 2 aromatic carbocycles. The van der Waals surface area contributed by atoms with Gasteiger partial charge in [0, 0.05) is 28.1 Å². The summed E-state index contributed by atoms with van der Waals surface area (Å²) in [5.41, 5.74) is 2.70. The lowest BCUT2D eigenvalue weighted by Gasteiger charge is -2.10. The summed E-state index contributed by atoms with van der Waals surface area (Å²) in [5, 5.41) is 2.85. The second kappa shape index (κ2) is 7.74. The van der Waals surface area contributed by atoms with Gasteiger partial charge in [0.2, 0.25) is 5.91 Å². The lowest BCUT2D eigenvalue weighted by molar-refractivity contribution is -0.111. The Morgan fingerprint density at radius 1 is 1.40 bits per heavy atom. The molecule has 4 nitrogen and oxygen atoms in total. The molecule has 0 spiro atoms. The number of fused-ring (bicyclic) bond motifs is 1. The van der Waals surface area contributed by atoms with E-state index in [1.807, 2.05) is 50.2 Å². The summed E-state index contributed by atoms with van der Waals surface area (Å²) in [5.74, 6) is 1.43. The number of carbonyl (C=O) groups is 1. The number of hydrogen-bond acceptors (Lipinski definition) is 3. The van der Waals surface area contributed by atoms with Gasteiger partial charge in [-0.3, -0.25) is 4.79 Å². The fourth-order valence-corrected chi connectivity index (χ4v) is 3.15. The van der Waals surface area contributed by atoms with E-state index in [0.29, 0.717) is 6.61 Å². The number of nitrogens with one attached hydrogen (secondary N) is 1. The van der Waals surface area contributed by atoms with Gasteiger partial charge in [-0.05, 0) is 60.1 Å². The molecule has 0 radical (unpaired) electrons. The highest BCUT2D eigenvalue weighted by atomic mass is 79.9. The quantitative estimate of drug-likeness (QED) is 0.730. The van der Waals surface area contributed by atoms with E-state index in [4.69, 9.17) is 9.47 Å². The van der Waals surface area contributed by atoms with Gasteiger partial charge in [0.25, 0.3) is 0 Å². The summed E-state index contributed by atoms with van der Waals surface area (Å²) in [7, 11) is 0. The summed E-state index contributed by atoms with van der Waals surface area (Å²) in [6.07, 6.45) is 4.30. The third-order valence-corrected chi connectivity index (χ3v) is 4.57. The van der Waals surface area contributed by atoms with Crippen molar-refractivity contribution in [3.63, 3.8) is 0 Å². The van der Waals surface area contributed by atoms with Crippen LogP contribution in [0.15, 0.2) is 46.9 Å². The van der Waals surface area contributed by atoms with E-state index in [1.165, 1.54) is 6.08 Å². The minimum Gasteiger partial charge on any atom is -0.493 e. The summed E-state index contributed by atoms with van der Waals surface area (Å²) in [6, 6.07) is 11.4. The lowest BCUT2D eigenvalue weighted by Crippen LogP contribution is -2.08. The topological polar surface area (TPSA) is 47.6 Å². The Labute approximate surface area is 156 Å². The van der Waals surface area contributed by atoms with Gasteiger partial charge < -0.3 is 14.8 Å². The summed E-state index contributed by atoms with van der Waals surface area (Å²) >= 11 is 3.42. The minimum absolute atomic E-state index is 0.169. The van der Waals surface area contributed by atoms with Crippen molar-refractivity contribution < 1.29 is 14.3 Å². The highest BCUT2D eigenvalue weighted by Crippen LogP contribution is 2.35. The van der Waals surface area contributed by atoms with Crippen molar-refractivity contribution in [2.75, 3.05) is 11.9 Å². The molecule has 3 rings (SSSR count). The molecule has 0 fully saturated rings. The number of hydrogen-bond donors (Lipinski definition) is 1. The largest absolute Gasteiger partial charge is 0.493 e. The third kappa shape index (κ3) is 4.23. The molecule has 1 N–H and O–H groups in total. The molecule has 0 bridgehead atoms. The van der Waals surface area contributed by atoms with Crippen molar-refractivity contribution in [1.82, 2.24) is 0 Å². The van der Waals surface area contributed by atoms with Crippen LogP contribution in [-0.4, -0.2) is 18.6 Å². The lowest BCUT2D eigenvalue weighted by atomic mass is 10.1. The van der Waals surface area contributed by atoms with Gasteiger partial charge in [-0.2, -0.15) is 0 Å². The summed E-state index contributed by atoms with van der Waals surface area (Å²) in [6.45, 7) is 4.56. The van der Waals surface area contributed by atoms with E-state index in [1.54, 1.807) is 6.08 Å². The molecule has 1 amide bonds. The molecule has 1 aliphatic heterocycles. The van der Waals surface area contributed by atoms with Gasteiger partial charge in [0.05, 0.1) is 12.3 Å². The van der Waals surface area contributed by atoms with Crippen LogP contribution in [0.1, 0.15) is 25.0 Å². The standard InChI is InChI=1S/C20H20BrNO3/c1-3-24-18-12-15-10-13(2)25-19(15)11-14(18)8-9-20(23)22-17-7-5-4-6-16(17)21/h4-9,11-13H,3,10H2,1-2H3,(H,22,23)/b9-8+. The van der Waals surface area contributed by atoms with Gasteiger partial charge in [-0.25, -0.2) is 0 Å². The molecule has 0 aliphatic carbocycles. The van der Waals surface area contributed by atoms with Crippen LogP contribution in [0.5, 0.6) is 11.5 Å².